The lowest BCUT2D eigenvalue weighted by atomic mass is 10.1. The Kier molecular flexibility index (Phi) is 3.43. The van der Waals surface area contributed by atoms with E-state index in [1.807, 2.05) is 13.0 Å². The molecule has 0 saturated heterocycles. The molecule has 2 aromatic heterocycles. The Morgan fingerprint density at radius 2 is 2.31 bits per heavy atom. The number of hydrogen-bond acceptors (Lipinski definition) is 6. The Bertz CT molecular complexity index is 446. The van der Waals surface area contributed by atoms with Crippen molar-refractivity contribution < 1.29 is 4.74 Å². The Labute approximate surface area is 97.4 Å². The van der Waals surface area contributed by atoms with Crippen LogP contribution in [0.4, 0.5) is 0 Å². The molecule has 2 heterocycles. The topological polar surface area (TPSA) is 73.9 Å². The standard InChI is InChI=1S/C10H12N4OS/c1-2-15-8-3-7(4-12-5-8)10(11)9-6-13-14-16-9/h3-6,10H,2,11H2,1H3. The molecule has 0 aliphatic rings. The molecule has 0 spiro atoms. The average Bonchev–Trinajstić information content (AvgIpc) is 2.82. The summed E-state index contributed by atoms with van der Waals surface area (Å²) in [7, 11) is 0. The SMILES string of the molecule is CCOc1cncc(C(N)c2cnns2)c1. The second-order valence-electron chi connectivity index (χ2n) is 3.18. The molecular weight excluding hydrogens is 224 g/mol. The van der Waals surface area contributed by atoms with E-state index in [1.165, 1.54) is 11.5 Å². The maximum absolute atomic E-state index is 6.06. The lowest BCUT2D eigenvalue weighted by molar-refractivity contribution is 0.338. The van der Waals surface area contributed by atoms with E-state index < -0.39 is 0 Å². The number of ether oxygens (including phenoxy) is 1. The van der Waals surface area contributed by atoms with Crippen molar-refractivity contribution in [2.75, 3.05) is 6.61 Å². The van der Waals surface area contributed by atoms with Gasteiger partial charge in [-0.15, -0.1) is 5.10 Å². The molecule has 1 unspecified atom stereocenters. The number of rotatable bonds is 4. The second-order valence-corrected chi connectivity index (χ2v) is 4.00. The molecular formula is C10H12N4OS. The minimum Gasteiger partial charge on any atom is -0.492 e. The van der Waals surface area contributed by atoms with Crippen LogP contribution in [0.15, 0.2) is 24.7 Å². The molecule has 16 heavy (non-hydrogen) atoms. The zero-order valence-electron chi connectivity index (χ0n) is 8.83. The van der Waals surface area contributed by atoms with Crippen LogP contribution < -0.4 is 10.5 Å². The number of nitrogens with zero attached hydrogens (tertiary/aromatic N) is 3. The third kappa shape index (κ3) is 2.34. The van der Waals surface area contributed by atoms with Gasteiger partial charge in [0.1, 0.15) is 5.75 Å². The first-order chi connectivity index (χ1) is 7.81. The van der Waals surface area contributed by atoms with Gasteiger partial charge in [0, 0.05) is 6.20 Å². The van der Waals surface area contributed by atoms with Crippen LogP contribution in [0.5, 0.6) is 5.75 Å². The molecule has 0 fully saturated rings. The molecule has 0 aromatic carbocycles. The van der Waals surface area contributed by atoms with Crippen molar-refractivity contribution in [2.24, 2.45) is 5.73 Å². The summed E-state index contributed by atoms with van der Waals surface area (Å²) < 4.78 is 9.16. The van der Waals surface area contributed by atoms with Gasteiger partial charge in [0.25, 0.3) is 0 Å². The maximum Gasteiger partial charge on any atom is 0.137 e. The van der Waals surface area contributed by atoms with E-state index in [0.29, 0.717) is 6.61 Å². The maximum atomic E-state index is 6.06. The molecule has 6 heteroatoms. The normalized spacial score (nSPS) is 12.4. The Morgan fingerprint density at radius 1 is 1.44 bits per heavy atom. The van der Waals surface area contributed by atoms with Crippen LogP contribution >= 0.6 is 11.5 Å². The Balaban J connectivity index is 2.23. The summed E-state index contributed by atoms with van der Waals surface area (Å²) in [5, 5.41) is 3.76. The number of nitrogens with two attached hydrogens (primary N) is 1. The van der Waals surface area contributed by atoms with Crippen LogP contribution in [0, 0.1) is 0 Å². The summed E-state index contributed by atoms with van der Waals surface area (Å²) in [6, 6.07) is 1.65. The highest BCUT2D eigenvalue weighted by molar-refractivity contribution is 7.05. The highest BCUT2D eigenvalue weighted by Gasteiger charge is 2.12. The molecule has 84 valence electrons. The van der Waals surface area contributed by atoms with E-state index in [0.717, 1.165) is 16.2 Å². The lowest BCUT2D eigenvalue weighted by Crippen LogP contribution is -2.10. The zero-order chi connectivity index (χ0) is 11.4. The predicted molar refractivity (Wildman–Crippen MR) is 61.3 cm³/mol. The second kappa shape index (κ2) is 5.00. The zero-order valence-corrected chi connectivity index (χ0v) is 9.65. The largest absolute Gasteiger partial charge is 0.492 e. The van der Waals surface area contributed by atoms with Crippen LogP contribution in [0.25, 0.3) is 0 Å². The fourth-order valence-corrected chi connectivity index (χ4v) is 1.86. The van der Waals surface area contributed by atoms with E-state index in [4.69, 9.17) is 10.5 Å². The van der Waals surface area contributed by atoms with Gasteiger partial charge in [0.05, 0.1) is 29.9 Å². The van der Waals surface area contributed by atoms with Gasteiger partial charge in [0.15, 0.2) is 0 Å². The van der Waals surface area contributed by atoms with Gasteiger partial charge in [-0.05, 0) is 30.1 Å². The van der Waals surface area contributed by atoms with Crippen molar-refractivity contribution in [3.05, 3.63) is 35.1 Å². The minimum absolute atomic E-state index is 0.243. The molecule has 2 N–H and O–H groups in total. The summed E-state index contributed by atoms with van der Waals surface area (Å²) in [4.78, 5) is 5.01. The van der Waals surface area contributed by atoms with Crippen LogP contribution in [-0.2, 0) is 0 Å². The lowest BCUT2D eigenvalue weighted by Gasteiger charge is -2.10. The summed E-state index contributed by atoms with van der Waals surface area (Å²) in [6.45, 7) is 2.54. The molecule has 0 aliphatic carbocycles. The molecule has 0 bridgehead atoms. The summed E-state index contributed by atoms with van der Waals surface area (Å²) in [5.74, 6) is 0.730. The fraction of sp³-hybridized carbons (Fsp3) is 0.300. The van der Waals surface area contributed by atoms with E-state index in [-0.39, 0.29) is 6.04 Å². The molecule has 0 aliphatic heterocycles. The number of hydrogen-bond donors (Lipinski definition) is 1. The van der Waals surface area contributed by atoms with Crippen molar-refractivity contribution in [1.82, 2.24) is 14.6 Å². The summed E-state index contributed by atoms with van der Waals surface area (Å²) >= 11 is 1.29. The van der Waals surface area contributed by atoms with Gasteiger partial charge in [0.2, 0.25) is 0 Å². The van der Waals surface area contributed by atoms with Gasteiger partial charge >= 0.3 is 0 Å². The number of pyridine rings is 1. The highest BCUT2D eigenvalue weighted by Crippen LogP contribution is 2.23. The summed E-state index contributed by atoms with van der Waals surface area (Å²) in [6.07, 6.45) is 5.07. The fourth-order valence-electron chi connectivity index (χ4n) is 1.33. The van der Waals surface area contributed by atoms with Gasteiger partial charge in [-0.2, -0.15) is 0 Å². The molecule has 0 radical (unpaired) electrons. The third-order valence-electron chi connectivity index (χ3n) is 2.09. The Morgan fingerprint density at radius 3 is 3.00 bits per heavy atom. The molecule has 1 atom stereocenters. The van der Waals surface area contributed by atoms with Crippen LogP contribution in [0.3, 0.4) is 0 Å². The quantitative estimate of drug-likeness (QED) is 0.868. The van der Waals surface area contributed by atoms with Gasteiger partial charge in [-0.3, -0.25) is 4.98 Å². The van der Waals surface area contributed by atoms with Gasteiger partial charge in [-0.1, -0.05) is 4.49 Å². The van der Waals surface area contributed by atoms with E-state index in [1.54, 1.807) is 18.6 Å². The molecule has 2 aromatic rings. The first kappa shape index (κ1) is 11.0. The Hall–Kier alpha value is -1.53. The first-order valence-electron chi connectivity index (χ1n) is 4.92. The first-order valence-corrected chi connectivity index (χ1v) is 5.69. The van der Waals surface area contributed by atoms with E-state index in [2.05, 4.69) is 14.6 Å². The van der Waals surface area contributed by atoms with Crippen LogP contribution in [0.2, 0.25) is 0 Å². The highest BCUT2D eigenvalue weighted by atomic mass is 32.1. The molecule has 5 nitrogen and oxygen atoms in total. The molecule has 2 rings (SSSR count). The van der Waals surface area contributed by atoms with E-state index >= 15 is 0 Å². The van der Waals surface area contributed by atoms with Gasteiger partial charge in [-0.25, -0.2) is 0 Å². The third-order valence-corrected chi connectivity index (χ3v) is 2.84. The average molecular weight is 236 g/mol. The summed E-state index contributed by atoms with van der Waals surface area (Å²) in [5.41, 5.74) is 6.96. The van der Waals surface area contributed by atoms with Crippen molar-refractivity contribution in [1.29, 1.82) is 0 Å². The van der Waals surface area contributed by atoms with Crippen molar-refractivity contribution in [2.45, 2.75) is 13.0 Å². The molecule has 0 saturated carbocycles. The van der Waals surface area contributed by atoms with Crippen molar-refractivity contribution in [3.63, 3.8) is 0 Å². The van der Waals surface area contributed by atoms with Crippen LogP contribution in [-0.4, -0.2) is 21.2 Å². The monoisotopic (exact) mass is 236 g/mol. The van der Waals surface area contributed by atoms with Crippen molar-refractivity contribution in [3.8, 4) is 5.75 Å². The van der Waals surface area contributed by atoms with Crippen LogP contribution in [0.1, 0.15) is 23.4 Å². The smallest absolute Gasteiger partial charge is 0.137 e. The predicted octanol–water partition coefficient (Wildman–Crippen LogP) is 1.38. The van der Waals surface area contributed by atoms with Crippen molar-refractivity contribution >= 4 is 11.5 Å². The number of aromatic nitrogens is 3. The minimum atomic E-state index is -0.243. The van der Waals surface area contributed by atoms with E-state index in [9.17, 15) is 0 Å². The van der Waals surface area contributed by atoms with Gasteiger partial charge < -0.3 is 10.5 Å². The molecule has 0 amide bonds.